The van der Waals surface area contributed by atoms with Gasteiger partial charge in [0.1, 0.15) is 5.56 Å². The number of carbonyl (C=O) groups excluding carboxylic acids is 1. The van der Waals surface area contributed by atoms with Crippen molar-refractivity contribution in [3.05, 3.63) is 68.5 Å². The molecule has 18 heavy (non-hydrogen) atoms. The molecule has 1 aromatic carbocycles. The molecular formula is C13H11BrN2O2. The van der Waals surface area contributed by atoms with Crippen LogP contribution in [0.3, 0.4) is 0 Å². The molecule has 0 radical (unpaired) electrons. The van der Waals surface area contributed by atoms with E-state index in [0.29, 0.717) is 6.54 Å². The van der Waals surface area contributed by atoms with Crippen molar-refractivity contribution in [2.24, 2.45) is 0 Å². The first-order valence-electron chi connectivity index (χ1n) is 5.37. The Morgan fingerprint density at radius 2 is 2.06 bits per heavy atom. The Hall–Kier alpha value is -1.88. The molecule has 1 heterocycles. The fourth-order valence-electron chi connectivity index (χ4n) is 1.51. The summed E-state index contributed by atoms with van der Waals surface area (Å²) < 4.78 is 0.923. The molecule has 4 nitrogen and oxygen atoms in total. The van der Waals surface area contributed by atoms with Crippen molar-refractivity contribution in [3.8, 4) is 0 Å². The summed E-state index contributed by atoms with van der Waals surface area (Å²) in [6, 6.07) is 8.92. The average Bonchev–Trinajstić information content (AvgIpc) is 2.38. The molecule has 0 aliphatic rings. The molecule has 0 unspecified atom stereocenters. The van der Waals surface area contributed by atoms with Crippen molar-refractivity contribution in [3.63, 3.8) is 0 Å². The fourth-order valence-corrected chi connectivity index (χ4v) is 1.93. The molecule has 0 aliphatic carbocycles. The average molecular weight is 307 g/mol. The zero-order valence-corrected chi connectivity index (χ0v) is 11.0. The largest absolute Gasteiger partial charge is 0.367 e. The van der Waals surface area contributed by atoms with Gasteiger partial charge in [-0.2, -0.15) is 0 Å². The first-order valence-corrected chi connectivity index (χ1v) is 6.16. The summed E-state index contributed by atoms with van der Waals surface area (Å²) in [5, 5.41) is 2.71. The zero-order chi connectivity index (χ0) is 13.0. The first kappa shape index (κ1) is 12.6. The molecular weight excluding hydrogens is 296 g/mol. The third-order valence-corrected chi connectivity index (χ3v) is 3.24. The number of H-pyrrole nitrogens is 1. The standard InChI is InChI=1S/C13H11BrN2O2/c14-11-4-2-1-3-9(11)7-16-13(18)10-8-15-6-5-12(10)17/h1-6,8H,7H2,(H,15,17)(H,16,18). The Morgan fingerprint density at radius 1 is 1.28 bits per heavy atom. The van der Waals surface area contributed by atoms with Crippen molar-refractivity contribution in [1.82, 2.24) is 10.3 Å². The quantitative estimate of drug-likeness (QED) is 0.912. The molecule has 0 fully saturated rings. The molecule has 5 heteroatoms. The van der Waals surface area contributed by atoms with Crippen LogP contribution < -0.4 is 10.7 Å². The zero-order valence-electron chi connectivity index (χ0n) is 9.44. The van der Waals surface area contributed by atoms with Gasteiger partial charge in [-0.3, -0.25) is 9.59 Å². The van der Waals surface area contributed by atoms with Gasteiger partial charge in [-0.25, -0.2) is 0 Å². The summed E-state index contributed by atoms with van der Waals surface area (Å²) in [7, 11) is 0. The number of amides is 1. The minimum Gasteiger partial charge on any atom is -0.367 e. The van der Waals surface area contributed by atoms with E-state index < -0.39 is 0 Å². The topological polar surface area (TPSA) is 62.0 Å². The van der Waals surface area contributed by atoms with Crippen LogP contribution in [-0.2, 0) is 6.54 Å². The van der Waals surface area contributed by atoms with E-state index in [1.165, 1.54) is 18.5 Å². The van der Waals surface area contributed by atoms with Crippen molar-refractivity contribution >= 4 is 21.8 Å². The van der Waals surface area contributed by atoms with Crippen LogP contribution in [0.5, 0.6) is 0 Å². The van der Waals surface area contributed by atoms with Gasteiger partial charge >= 0.3 is 0 Å². The summed E-state index contributed by atoms with van der Waals surface area (Å²) in [6.07, 6.45) is 2.89. The number of aromatic amines is 1. The number of aromatic nitrogens is 1. The second-order valence-corrected chi connectivity index (χ2v) is 4.55. The van der Waals surface area contributed by atoms with Gasteiger partial charge in [0.2, 0.25) is 0 Å². The summed E-state index contributed by atoms with van der Waals surface area (Å²) in [4.78, 5) is 26.0. The predicted octanol–water partition coefficient (Wildman–Crippen LogP) is 2.07. The van der Waals surface area contributed by atoms with E-state index in [4.69, 9.17) is 0 Å². The maximum atomic E-state index is 11.8. The number of carbonyl (C=O) groups is 1. The number of pyridine rings is 1. The van der Waals surface area contributed by atoms with E-state index in [9.17, 15) is 9.59 Å². The SMILES string of the molecule is O=C(NCc1ccccc1Br)c1c[nH]ccc1=O. The van der Waals surface area contributed by atoms with Crippen LogP contribution in [0.25, 0.3) is 0 Å². The highest BCUT2D eigenvalue weighted by Gasteiger charge is 2.09. The van der Waals surface area contributed by atoms with Gasteiger partial charge in [-0.05, 0) is 11.6 Å². The Balaban J connectivity index is 2.08. The third kappa shape index (κ3) is 2.87. The molecule has 0 saturated heterocycles. The first-order chi connectivity index (χ1) is 8.68. The van der Waals surface area contributed by atoms with E-state index in [-0.39, 0.29) is 16.9 Å². The van der Waals surface area contributed by atoms with Crippen LogP contribution in [0.1, 0.15) is 15.9 Å². The van der Waals surface area contributed by atoms with Crippen molar-refractivity contribution in [2.75, 3.05) is 0 Å². The summed E-state index contributed by atoms with van der Waals surface area (Å²) >= 11 is 3.40. The Bertz CT molecular complexity index is 622. The van der Waals surface area contributed by atoms with Gasteiger partial charge in [-0.15, -0.1) is 0 Å². The third-order valence-electron chi connectivity index (χ3n) is 2.47. The monoisotopic (exact) mass is 306 g/mol. The number of benzene rings is 1. The van der Waals surface area contributed by atoms with Crippen LogP contribution in [-0.4, -0.2) is 10.9 Å². The lowest BCUT2D eigenvalue weighted by Crippen LogP contribution is -2.28. The molecule has 0 bridgehead atoms. The highest BCUT2D eigenvalue weighted by atomic mass is 79.9. The normalized spacial score (nSPS) is 10.1. The number of nitrogens with one attached hydrogen (secondary N) is 2. The van der Waals surface area contributed by atoms with Crippen LogP contribution in [0.2, 0.25) is 0 Å². The molecule has 2 N–H and O–H groups in total. The molecule has 0 atom stereocenters. The fraction of sp³-hybridized carbons (Fsp3) is 0.0769. The predicted molar refractivity (Wildman–Crippen MR) is 72.4 cm³/mol. The minimum atomic E-state index is -0.382. The number of hydrogen-bond donors (Lipinski definition) is 2. The molecule has 1 aromatic heterocycles. The highest BCUT2D eigenvalue weighted by molar-refractivity contribution is 9.10. The number of hydrogen-bond acceptors (Lipinski definition) is 2. The Labute approximate surface area is 112 Å². The summed E-state index contributed by atoms with van der Waals surface area (Å²) in [6.45, 7) is 0.370. The molecule has 0 spiro atoms. The maximum Gasteiger partial charge on any atom is 0.257 e. The number of rotatable bonds is 3. The summed E-state index contributed by atoms with van der Waals surface area (Å²) in [5.74, 6) is -0.382. The molecule has 2 aromatic rings. The Kier molecular flexibility index (Phi) is 3.94. The maximum absolute atomic E-state index is 11.8. The van der Waals surface area contributed by atoms with Crippen molar-refractivity contribution < 1.29 is 4.79 Å². The van der Waals surface area contributed by atoms with E-state index in [0.717, 1.165) is 10.0 Å². The van der Waals surface area contributed by atoms with E-state index in [1.54, 1.807) is 0 Å². The van der Waals surface area contributed by atoms with Crippen LogP contribution in [0, 0.1) is 0 Å². The lowest BCUT2D eigenvalue weighted by molar-refractivity contribution is 0.0949. The van der Waals surface area contributed by atoms with Crippen LogP contribution >= 0.6 is 15.9 Å². The van der Waals surface area contributed by atoms with Gasteiger partial charge in [0.15, 0.2) is 5.43 Å². The minimum absolute atomic E-state index is 0.115. The lowest BCUT2D eigenvalue weighted by atomic mass is 10.2. The van der Waals surface area contributed by atoms with Gasteiger partial charge in [0.25, 0.3) is 5.91 Å². The smallest absolute Gasteiger partial charge is 0.257 e. The van der Waals surface area contributed by atoms with Crippen LogP contribution in [0.4, 0.5) is 0 Å². The second kappa shape index (κ2) is 5.64. The molecule has 2 rings (SSSR count). The second-order valence-electron chi connectivity index (χ2n) is 3.70. The molecule has 0 aliphatic heterocycles. The van der Waals surface area contributed by atoms with Crippen molar-refractivity contribution in [1.29, 1.82) is 0 Å². The van der Waals surface area contributed by atoms with Gasteiger partial charge in [-0.1, -0.05) is 34.1 Å². The molecule has 92 valence electrons. The van der Waals surface area contributed by atoms with Gasteiger partial charge < -0.3 is 10.3 Å². The molecule has 0 saturated carbocycles. The summed E-state index contributed by atoms with van der Waals surface area (Å²) in [5.41, 5.74) is 0.779. The van der Waals surface area contributed by atoms with E-state index in [1.807, 2.05) is 24.3 Å². The van der Waals surface area contributed by atoms with E-state index >= 15 is 0 Å². The van der Waals surface area contributed by atoms with Crippen molar-refractivity contribution in [2.45, 2.75) is 6.54 Å². The lowest BCUT2D eigenvalue weighted by Gasteiger charge is -2.06. The highest BCUT2D eigenvalue weighted by Crippen LogP contribution is 2.15. The van der Waals surface area contributed by atoms with Gasteiger partial charge in [0, 0.05) is 29.5 Å². The van der Waals surface area contributed by atoms with Crippen LogP contribution in [0.15, 0.2) is 52.0 Å². The Morgan fingerprint density at radius 3 is 2.78 bits per heavy atom. The number of halogens is 1. The van der Waals surface area contributed by atoms with E-state index in [2.05, 4.69) is 26.2 Å². The molecule has 1 amide bonds. The van der Waals surface area contributed by atoms with Gasteiger partial charge in [0.05, 0.1) is 0 Å².